The summed E-state index contributed by atoms with van der Waals surface area (Å²) < 4.78 is 62.1. The SMILES string of the molecule is Cc1c(/C=C/c2cc(OCCOCCOCCN3CCN(CC(=O)O)CCN(CC(=O)O)CN(CC(=O)O)CC3)c(CN3CCCC[C@H]3C(=O)O)cc2C(F)(F)F)cccc1-c1ccccc1. The number of piperidine rings is 1. The zero-order chi connectivity index (χ0) is 48.3. The first kappa shape index (κ1) is 52.6. The number of aliphatic carboxylic acids is 4. The number of likely N-dealkylation sites (tertiary alicyclic amines) is 1. The molecule has 2 fully saturated rings. The quantitative estimate of drug-likeness (QED) is 0.0765. The fourth-order valence-corrected chi connectivity index (χ4v) is 8.34. The number of hydrogen-bond donors (Lipinski definition) is 4. The molecule has 2 saturated heterocycles. The Balaban J connectivity index is 1.21. The monoisotopic (exact) mass is 941 g/mol. The molecular weight excluding hydrogens is 880 g/mol. The Morgan fingerprint density at radius 3 is 1.88 bits per heavy atom. The van der Waals surface area contributed by atoms with E-state index >= 15 is 0 Å². The Morgan fingerprint density at radius 2 is 1.25 bits per heavy atom. The van der Waals surface area contributed by atoms with Crippen molar-refractivity contribution < 1.29 is 67.0 Å². The van der Waals surface area contributed by atoms with Gasteiger partial charge in [0.2, 0.25) is 0 Å². The van der Waals surface area contributed by atoms with Gasteiger partial charge in [0.1, 0.15) is 18.4 Å². The second kappa shape index (κ2) is 26.2. The Bertz CT molecular complexity index is 2130. The Labute approximate surface area is 388 Å². The van der Waals surface area contributed by atoms with Gasteiger partial charge in [-0.05, 0) is 66.3 Å². The zero-order valence-electron chi connectivity index (χ0n) is 37.9. The number of hydrogen-bond acceptors (Lipinski definition) is 12. The number of alkyl halides is 3. The van der Waals surface area contributed by atoms with Crippen molar-refractivity contribution in [2.24, 2.45) is 0 Å². The molecule has 1 atom stereocenters. The lowest BCUT2D eigenvalue weighted by Gasteiger charge is -2.33. The summed E-state index contributed by atoms with van der Waals surface area (Å²) in [5.74, 6) is -4.00. The molecule has 0 aromatic heterocycles. The number of carboxylic acids is 4. The number of halogens is 3. The molecule has 3 aromatic carbocycles. The van der Waals surface area contributed by atoms with Crippen LogP contribution in [0.25, 0.3) is 23.3 Å². The van der Waals surface area contributed by atoms with Crippen LogP contribution in [0.1, 0.15) is 47.1 Å². The summed E-state index contributed by atoms with van der Waals surface area (Å²) in [5, 5.41) is 38.3. The molecule has 366 valence electrons. The predicted molar refractivity (Wildman–Crippen MR) is 244 cm³/mol. The second-order valence-corrected chi connectivity index (χ2v) is 16.7. The smallest absolute Gasteiger partial charge is 0.417 e. The van der Waals surface area contributed by atoms with Crippen molar-refractivity contribution in [2.45, 2.75) is 44.9 Å². The topological polar surface area (TPSA) is 193 Å². The number of nitrogens with zero attached hydrogens (tertiary/aromatic N) is 5. The van der Waals surface area contributed by atoms with Crippen LogP contribution in [0.5, 0.6) is 5.75 Å². The minimum absolute atomic E-state index is 0.0144. The van der Waals surface area contributed by atoms with E-state index in [1.165, 1.54) is 12.1 Å². The van der Waals surface area contributed by atoms with Crippen LogP contribution in [-0.4, -0.2) is 187 Å². The maximum absolute atomic E-state index is 14.8. The first-order chi connectivity index (χ1) is 32.1. The van der Waals surface area contributed by atoms with E-state index in [0.29, 0.717) is 58.5 Å². The van der Waals surface area contributed by atoms with Gasteiger partial charge in [0.15, 0.2) is 0 Å². The predicted octanol–water partition coefficient (Wildman–Crippen LogP) is 5.14. The fraction of sp³-hybridized carbons (Fsp3) is 0.500. The molecule has 0 bridgehead atoms. The molecule has 0 aliphatic carbocycles. The summed E-state index contributed by atoms with van der Waals surface area (Å²) in [4.78, 5) is 55.5. The highest BCUT2D eigenvalue weighted by Gasteiger charge is 2.35. The van der Waals surface area contributed by atoms with E-state index in [4.69, 9.17) is 14.2 Å². The molecular formula is C48H62F3N5O11. The van der Waals surface area contributed by atoms with E-state index in [9.17, 15) is 52.8 Å². The van der Waals surface area contributed by atoms with E-state index in [2.05, 4.69) is 0 Å². The van der Waals surface area contributed by atoms with Crippen LogP contribution in [0.4, 0.5) is 13.2 Å². The summed E-state index contributed by atoms with van der Waals surface area (Å²) in [6, 6.07) is 16.9. The molecule has 0 amide bonds. The molecule has 2 aliphatic rings. The van der Waals surface area contributed by atoms with E-state index in [1.807, 2.05) is 60.4 Å². The van der Waals surface area contributed by atoms with Crippen LogP contribution >= 0.6 is 0 Å². The normalized spacial score (nSPS) is 17.9. The highest BCUT2D eigenvalue weighted by atomic mass is 19.4. The summed E-state index contributed by atoms with van der Waals surface area (Å²) in [5.41, 5.74) is 2.82. The van der Waals surface area contributed by atoms with E-state index < -0.39 is 41.7 Å². The highest BCUT2D eigenvalue weighted by Crippen LogP contribution is 2.38. The van der Waals surface area contributed by atoms with Gasteiger partial charge in [-0.2, -0.15) is 13.2 Å². The number of benzene rings is 3. The third-order valence-corrected chi connectivity index (χ3v) is 11.8. The summed E-state index contributed by atoms with van der Waals surface area (Å²) in [6.45, 7) is 4.76. The van der Waals surface area contributed by atoms with Gasteiger partial charge >= 0.3 is 30.1 Å². The van der Waals surface area contributed by atoms with Gasteiger partial charge in [-0.1, -0.05) is 67.1 Å². The van der Waals surface area contributed by atoms with Crippen molar-refractivity contribution in [1.82, 2.24) is 24.5 Å². The van der Waals surface area contributed by atoms with Crippen molar-refractivity contribution in [1.29, 1.82) is 0 Å². The Kier molecular flexibility index (Phi) is 20.6. The average molecular weight is 942 g/mol. The molecule has 0 unspecified atom stereocenters. The number of carbonyl (C=O) groups is 4. The van der Waals surface area contributed by atoms with Crippen LogP contribution in [0.15, 0.2) is 60.7 Å². The molecule has 0 saturated carbocycles. The van der Waals surface area contributed by atoms with Crippen molar-refractivity contribution in [3.05, 3.63) is 88.5 Å². The minimum atomic E-state index is -4.72. The van der Waals surface area contributed by atoms with Crippen LogP contribution in [0.3, 0.4) is 0 Å². The maximum atomic E-state index is 14.8. The molecule has 2 aliphatic heterocycles. The molecule has 67 heavy (non-hydrogen) atoms. The molecule has 5 rings (SSSR count). The lowest BCUT2D eigenvalue weighted by molar-refractivity contribution is -0.145. The van der Waals surface area contributed by atoms with Gasteiger partial charge in [0.25, 0.3) is 0 Å². The fourth-order valence-electron chi connectivity index (χ4n) is 8.34. The minimum Gasteiger partial charge on any atom is -0.491 e. The second-order valence-electron chi connectivity index (χ2n) is 16.7. The van der Waals surface area contributed by atoms with Crippen molar-refractivity contribution in [3.63, 3.8) is 0 Å². The van der Waals surface area contributed by atoms with Gasteiger partial charge in [0, 0.05) is 57.9 Å². The first-order valence-corrected chi connectivity index (χ1v) is 22.4. The molecule has 3 aromatic rings. The van der Waals surface area contributed by atoms with E-state index in [0.717, 1.165) is 28.3 Å². The average Bonchev–Trinajstić information content (AvgIpc) is 3.30. The molecule has 4 N–H and O–H groups in total. The largest absolute Gasteiger partial charge is 0.491 e. The van der Waals surface area contributed by atoms with Gasteiger partial charge in [0.05, 0.1) is 58.3 Å². The third kappa shape index (κ3) is 17.3. The van der Waals surface area contributed by atoms with Crippen molar-refractivity contribution in [3.8, 4) is 16.9 Å². The lowest BCUT2D eigenvalue weighted by atomic mass is 9.95. The van der Waals surface area contributed by atoms with Crippen molar-refractivity contribution >= 4 is 36.0 Å². The molecule has 0 radical (unpaired) electrons. The van der Waals surface area contributed by atoms with Gasteiger partial charge in [-0.15, -0.1) is 0 Å². The van der Waals surface area contributed by atoms with E-state index in [1.54, 1.807) is 25.7 Å². The van der Waals surface area contributed by atoms with Crippen LogP contribution in [0, 0.1) is 6.92 Å². The van der Waals surface area contributed by atoms with Crippen LogP contribution < -0.4 is 4.74 Å². The molecule has 19 heteroatoms. The highest BCUT2D eigenvalue weighted by molar-refractivity contribution is 5.79. The van der Waals surface area contributed by atoms with Gasteiger partial charge in [-0.3, -0.25) is 43.7 Å². The Hall–Kier alpha value is -5.41. The first-order valence-electron chi connectivity index (χ1n) is 22.4. The van der Waals surface area contributed by atoms with E-state index in [-0.39, 0.29) is 95.8 Å². The number of rotatable bonds is 22. The van der Waals surface area contributed by atoms with Crippen LogP contribution in [0.2, 0.25) is 0 Å². The van der Waals surface area contributed by atoms with Gasteiger partial charge < -0.3 is 34.6 Å². The number of ether oxygens (including phenoxy) is 3. The molecule has 16 nitrogen and oxygen atoms in total. The zero-order valence-corrected chi connectivity index (χ0v) is 37.9. The number of carboxylic acid groups (broad SMARTS) is 4. The summed E-state index contributed by atoms with van der Waals surface area (Å²) >= 11 is 0. The lowest BCUT2D eigenvalue weighted by Crippen LogP contribution is -2.46. The van der Waals surface area contributed by atoms with Gasteiger partial charge in [-0.25, -0.2) is 0 Å². The standard InChI is InChI=1S/C48H62F3N5O11/c1-35-36(10-7-11-40(35)37-8-3-2-4-9-37)13-14-38-29-43(39(28-41(38)48(49,50)51)30-56-15-6-5-12-42(56)47(63)64)67-27-26-66-25-24-65-23-22-52-16-18-53(31-44(57)58)19-21-55(33-46(61)62)34-54(20-17-52)32-45(59)60/h2-4,7-11,13-14,28-29,42H,5-6,12,15-27,30-34H2,1H3,(H,57,58)(H,59,60)(H,61,62)(H,63,64)/b14-13+/t42-/m0/s1. The third-order valence-electron chi connectivity index (χ3n) is 11.8. The molecule has 2 heterocycles. The molecule has 0 spiro atoms. The Morgan fingerprint density at radius 1 is 0.672 bits per heavy atom. The van der Waals surface area contributed by atoms with Crippen LogP contribution in [-0.2, 0) is 41.4 Å². The van der Waals surface area contributed by atoms with Crippen molar-refractivity contribution in [2.75, 3.05) is 112 Å². The summed E-state index contributed by atoms with van der Waals surface area (Å²) in [7, 11) is 0. The maximum Gasteiger partial charge on any atom is 0.417 e. The summed E-state index contributed by atoms with van der Waals surface area (Å²) in [6.07, 6.45) is 0.171.